The van der Waals surface area contributed by atoms with Gasteiger partial charge in [0.15, 0.2) is 0 Å². The van der Waals surface area contributed by atoms with Gasteiger partial charge >= 0.3 is 0 Å². The molecule has 2 aromatic rings. The fraction of sp³-hybridized carbons (Fsp3) is 0.312. The Balaban J connectivity index is 2.55. The van der Waals surface area contributed by atoms with Gasteiger partial charge in [-0.15, -0.1) is 0 Å². The summed E-state index contributed by atoms with van der Waals surface area (Å²) in [6.07, 6.45) is 0. The number of phenolic OH excluding ortho intramolecular Hbond substituents is 1. The van der Waals surface area contributed by atoms with Crippen LogP contribution < -0.4 is 10.1 Å². The minimum Gasteiger partial charge on any atom is -0.506 e. The third-order valence-corrected chi connectivity index (χ3v) is 3.13. The molecule has 4 nitrogen and oxygen atoms in total. The van der Waals surface area contributed by atoms with Crippen molar-refractivity contribution in [2.75, 3.05) is 12.4 Å². The molecule has 0 atom stereocenters. The number of phenols is 1. The smallest absolute Gasteiger partial charge is 0.229 e. The number of rotatable bonds is 2. The highest BCUT2D eigenvalue weighted by molar-refractivity contribution is 6.06. The highest BCUT2D eigenvalue weighted by Gasteiger charge is 2.23. The van der Waals surface area contributed by atoms with Gasteiger partial charge in [-0.25, -0.2) is 0 Å². The van der Waals surface area contributed by atoms with Gasteiger partial charge in [0.1, 0.15) is 11.5 Å². The van der Waals surface area contributed by atoms with Crippen molar-refractivity contribution >= 4 is 22.4 Å². The molecule has 0 saturated carbocycles. The molecule has 2 N–H and O–H groups in total. The van der Waals surface area contributed by atoms with Gasteiger partial charge in [-0.1, -0.05) is 32.9 Å². The SMILES string of the molecule is COc1ccc2ccc(O)c(NC(=O)C(C)(C)C)c2c1. The van der Waals surface area contributed by atoms with Crippen molar-refractivity contribution in [2.24, 2.45) is 5.41 Å². The van der Waals surface area contributed by atoms with E-state index in [9.17, 15) is 9.90 Å². The lowest BCUT2D eigenvalue weighted by Gasteiger charge is -2.19. The Labute approximate surface area is 118 Å². The number of benzene rings is 2. The monoisotopic (exact) mass is 273 g/mol. The number of hydrogen-bond acceptors (Lipinski definition) is 3. The third kappa shape index (κ3) is 2.69. The maximum Gasteiger partial charge on any atom is 0.229 e. The van der Waals surface area contributed by atoms with Crippen molar-refractivity contribution in [2.45, 2.75) is 20.8 Å². The van der Waals surface area contributed by atoms with Crippen molar-refractivity contribution in [1.29, 1.82) is 0 Å². The number of methoxy groups -OCH3 is 1. The molecule has 2 rings (SSSR count). The Bertz CT molecular complexity index is 657. The molecule has 0 fully saturated rings. The lowest BCUT2D eigenvalue weighted by atomic mass is 9.95. The van der Waals surface area contributed by atoms with Crippen LogP contribution in [0, 0.1) is 5.41 Å². The van der Waals surface area contributed by atoms with E-state index in [1.54, 1.807) is 25.3 Å². The summed E-state index contributed by atoms with van der Waals surface area (Å²) in [5, 5.41) is 14.5. The summed E-state index contributed by atoms with van der Waals surface area (Å²) < 4.78 is 5.20. The highest BCUT2D eigenvalue weighted by atomic mass is 16.5. The van der Waals surface area contributed by atoms with Crippen molar-refractivity contribution in [1.82, 2.24) is 0 Å². The zero-order valence-electron chi connectivity index (χ0n) is 12.2. The van der Waals surface area contributed by atoms with Gasteiger partial charge in [0.05, 0.1) is 12.8 Å². The summed E-state index contributed by atoms with van der Waals surface area (Å²) in [7, 11) is 1.58. The van der Waals surface area contributed by atoms with Crippen LogP contribution in [0.2, 0.25) is 0 Å². The first-order valence-electron chi connectivity index (χ1n) is 6.44. The maximum atomic E-state index is 12.1. The number of anilines is 1. The van der Waals surface area contributed by atoms with Crippen LogP contribution in [0.1, 0.15) is 20.8 Å². The molecule has 0 radical (unpaired) electrons. The summed E-state index contributed by atoms with van der Waals surface area (Å²) in [4.78, 5) is 12.1. The Hall–Kier alpha value is -2.23. The number of ether oxygens (including phenoxy) is 1. The Kier molecular flexibility index (Phi) is 3.57. The van der Waals surface area contributed by atoms with Crippen LogP contribution in [0.3, 0.4) is 0 Å². The second kappa shape index (κ2) is 5.04. The first kappa shape index (κ1) is 14.2. The van der Waals surface area contributed by atoms with Gasteiger partial charge in [-0.3, -0.25) is 4.79 Å². The zero-order valence-corrected chi connectivity index (χ0v) is 12.2. The van der Waals surface area contributed by atoms with E-state index in [1.807, 2.05) is 32.9 Å². The second-order valence-corrected chi connectivity index (χ2v) is 5.75. The molecular weight excluding hydrogens is 254 g/mol. The molecule has 0 unspecified atom stereocenters. The molecule has 0 spiro atoms. The van der Waals surface area contributed by atoms with Crippen molar-refractivity contribution < 1.29 is 14.6 Å². The second-order valence-electron chi connectivity index (χ2n) is 5.75. The standard InChI is InChI=1S/C16H19NO3/c1-16(2,3)15(19)17-14-12-9-11(20-4)7-5-10(12)6-8-13(14)18/h5-9,18H,1-4H3,(H,17,19). The summed E-state index contributed by atoms with van der Waals surface area (Å²) >= 11 is 0. The first-order chi connectivity index (χ1) is 9.32. The van der Waals surface area contributed by atoms with Crippen molar-refractivity contribution in [3.63, 3.8) is 0 Å². The molecule has 2 aromatic carbocycles. The number of nitrogens with one attached hydrogen (secondary N) is 1. The average molecular weight is 273 g/mol. The maximum absolute atomic E-state index is 12.1. The molecule has 20 heavy (non-hydrogen) atoms. The molecule has 106 valence electrons. The largest absolute Gasteiger partial charge is 0.506 e. The normalized spacial score (nSPS) is 11.4. The van der Waals surface area contributed by atoms with Gasteiger partial charge in [-0.2, -0.15) is 0 Å². The number of hydrogen-bond donors (Lipinski definition) is 2. The Morgan fingerprint density at radius 2 is 1.85 bits per heavy atom. The molecule has 0 aliphatic heterocycles. The number of fused-ring (bicyclic) bond motifs is 1. The van der Waals surface area contributed by atoms with Gasteiger partial charge in [0.2, 0.25) is 5.91 Å². The van der Waals surface area contributed by atoms with E-state index in [0.717, 1.165) is 10.8 Å². The lowest BCUT2D eigenvalue weighted by Crippen LogP contribution is -2.27. The minimum atomic E-state index is -0.534. The summed E-state index contributed by atoms with van der Waals surface area (Å²) in [6, 6.07) is 8.91. The fourth-order valence-corrected chi connectivity index (χ4v) is 1.85. The van der Waals surface area contributed by atoms with Crippen LogP contribution in [0.25, 0.3) is 10.8 Å². The molecule has 0 aliphatic rings. The quantitative estimate of drug-likeness (QED) is 0.823. The number of carbonyl (C=O) groups is 1. The first-order valence-corrected chi connectivity index (χ1v) is 6.44. The van der Waals surface area contributed by atoms with Crippen LogP contribution in [0.5, 0.6) is 11.5 Å². The van der Waals surface area contributed by atoms with Crippen molar-refractivity contribution in [3.05, 3.63) is 30.3 Å². The molecule has 0 bridgehead atoms. The third-order valence-electron chi connectivity index (χ3n) is 3.13. The van der Waals surface area contributed by atoms with Gasteiger partial charge in [0, 0.05) is 10.8 Å². The van der Waals surface area contributed by atoms with Crippen LogP contribution in [-0.4, -0.2) is 18.1 Å². The minimum absolute atomic E-state index is 0.0448. The van der Waals surface area contributed by atoms with E-state index < -0.39 is 5.41 Å². The zero-order chi connectivity index (χ0) is 14.9. The number of amides is 1. The molecule has 4 heteroatoms. The Morgan fingerprint density at radius 3 is 2.45 bits per heavy atom. The molecule has 0 saturated heterocycles. The van der Waals surface area contributed by atoms with E-state index >= 15 is 0 Å². The van der Waals surface area contributed by atoms with Crippen LogP contribution >= 0.6 is 0 Å². The Morgan fingerprint density at radius 1 is 1.20 bits per heavy atom. The molecule has 0 aromatic heterocycles. The van der Waals surface area contributed by atoms with Crippen LogP contribution in [0.4, 0.5) is 5.69 Å². The summed E-state index contributed by atoms with van der Waals surface area (Å²) in [5.41, 5.74) is -0.116. The molecule has 0 heterocycles. The summed E-state index contributed by atoms with van der Waals surface area (Å²) in [5.74, 6) is 0.570. The highest BCUT2D eigenvalue weighted by Crippen LogP contribution is 2.35. The van der Waals surface area contributed by atoms with Crippen LogP contribution in [0.15, 0.2) is 30.3 Å². The van der Waals surface area contributed by atoms with E-state index in [1.165, 1.54) is 0 Å². The number of carbonyl (C=O) groups excluding carboxylic acids is 1. The van der Waals surface area contributed by atoms with E-state index in [-0.39, 0.29) is 11.7 Å². The van der Waals surface area contributed by atoms with Gasteiger partial charge < -0.3 is 15.2 Å². The lowest BCUT2D eigenvalue weighted by molar-refractivity contribution is -0.123. The van der Waals surface area contributed by atoms with E-state index in [4.69, 9.17) is 4.74 Å². The fourth-order valence-electron chi connectivity index (χ4n) is 1.85. The van der Waals surface area contributed by atoms with E-state index in [0.29, 0.717) is 11.4 Å². The van der Waals surface area contributed by atoms with Gasteiger partial charge in [0.25, 0.3) is 0 Å². The van der Waals surface area contributed by atoms with E-state index in [2.05, 4.69) is 5.32 Å². The topological polar surface area (TPSA) is 58.6 Å². The summed E-state index contributed by atoms with van der Waals surface area (Å²) in [6.45, 7) is 5.47. The molecule has 1 amide bonds. The predicted molar refractivity (Wildman–Crippen MR) is 80.2 cm³/mol. The molecular formula is C16H19NO3. The van der Waals surface area contributed by atoms with Gasteiger partial charge in [-0.05, 0) is 23.6 Å². The van der Waals surface area contributed by atoms with Crippen LogP contribution in [-0.2, 0) is 4.79 Å². The number of aromatic hydroxyl groups is 1. The predicted octanol–water partition coefficient (Wildman–Crippen LogP) is 3.54. The average Bonchev–Trinajstić information content (AvgIpc) is 2.40. The molecule has 0 aliphatic carbocycles. The van der Waals surface area contributed by atoms with Crippen molar-refractivity contribution in [3.8, 4) is 11.5 Å².